The van der Waals surface area contributed by atoms with Crippen LogP contribution in [0.3, 0.4) is 0 Å². The van der Waals surface area contributed by atoms with Gasteiger partial charge in [-0.15, -0.1) is 0 Å². The second-order valence-electron chi connectivity index (χ2n) is 5.39. The number of amides is 2. The minimum absolute atomic E-state index is 0.0588. The number of carbonyl (C=O) groups excluding carboxylic acids is 3. The third-order valence-electron chi connectivity index (χ3n) is 3.77. The molecule has 0 aromatic heterocycles. The number of benzene rings is 1. The molecule has 1 aliphatic rings. The van der Waals surface area contributed by atoms with E-state index in [1.54, 1.807) is 4.90 Å². The molecule has 1 aliphatic heterocycles. The van der Waals surface area contributed by atoms with Gasteiger partial charge in [-0.3, -0.25) is 4.79 Å². The van der Waals surface area contributed by atoms with Gasteiger partial charge in [-0.2, -0.15) is 0 Å². The Morgan fingerprint density at radius 1 is 1.26 bits per heavy atom. The standard InChI is InChI=1S/C16H20N2O5/c1-11(19)18-8-13(9-18)14(15(20)22-2)17-16(21)23-10-12-6-4-3-5-7-12/h3-7,13-14H,8-10H2,1-2H3,(H,17,21). The van der Waals surface area contributed by atoms with Gasteiger partial charge in [0.25, 0.3) is 0 Å². The number of ether oxygens (including phenoxy) is 2. The summed E-state index contributed by atoms with van der Waals surface area (Å²) < 4.78 is 9.82. The normalized spacial score (nSPS) is 15.3. The molecule has 124 valence electrons. The first-order valence-corrected chi connectivity index (χ1v) is 7.32. The summed E-state index contributed by atoms with van der Waals surface area (Å²) in [5.74, 6) is -0.776. The Balaban J connectivity index is 1.86. The van der Waals surface area contributed by atoms with Gasteiger partial charge in [-0.25, -0.2) is 9.59 Å². The average Bonchev–Trinajstić information content (AvgIpc) is 2.50. The number of hydrogen-bond acceptors (Lipinski definition) is 5. The molecule has 0 bridgehead atoms. The Morgan fingerprint density at radius 3 is 2.48 bits per heavy atom. The number of methoxy groups -OCH3 is 1. The van der Waals surface area contributed by atoms with Crippen LogP contribution >= 0.6 is 0 Å². The fourth-order valence-electron chi connectivity index (χ4n) is 2.37. The molecule has 2 amide bonds. The molecule has 7 heteroatoms. The van der Waals surface area contributed by atoms with E-state index in [2.05, 4.69) is 5.32 Å². The van der Waals surface area contributed by atoms with Crippen molar-refractivity contribution in [2.45, 2.75) is 19.6 Å². The van der Waals surface area contributed by atoms with Gasteiger partial charge in [0, 0.05) is 25.9 Å². The summed E-state index contributed by atoms with van der Waals surface area (Å²) in [6, 6.07) is 8.41. The minimum Gasteiger partial charge on any atom is -0.467 e. The van der Waals surface area contributed by atoms with Crippen LogP contribution in [0.1, 0.15) is 12.5 Å². The number of nitrogens with one attached hydrogen (secondary N) is 1. The second-order valence-corrected chi connectivity index (χ2v) is 5.39. The number of esters is 1. The Hall–Kier alpha value is -2.57. The maximum atomic E-state index is 11.9. The van der Waals surface area contributed by atoms with Gasteiger partial charge in [0.1, 0.15) is 12.6 Å². The van der Waals surface area contributed by atoms with Crippen molar-refractivity contribution < 1.29 is 23.9 Å². The molecule has 0 radical (unpaired) electrons. The maximum Gasteiger partial charge on any atom is 0.408 e. The molecule has 1 heterocycles. The molecule has 7 nitrogen and oxygen atoms in total. The lowest BCUT2D eigenvalue weighted by molar-refractivity contribution is -0.149. The zero-order chi connectivity index (χ0) is 16.8. The van der Waals surface area contributed by atoms with Crippen molar-refractivity contribution in [2.75, 3.05) is 20.2 Å². The van der Waals surface area contributed by atoms with Gasteiger partial charge in [-0.1, -0.05) is 30.3 Å². The first-order chi connectivity index (χ1) is 11.0. The summed E-state index contributed by atoms with van der Waals surface area (Å²) in [5.41, 5.74) is 0.851. The molecule has 1 aromatic carbocycles. The van der Waals surface area contributed by atoms with Gasteiger partial charge in [0.15, 0.2) is 0 Å². The second kappa shape index (κ2) is 7.62. The number of alkyl carbamates (subject to hydrolysis) is 1. The molecular formula is C16H20N2O5. The zero-order valence-electron chi connectivity index (χ0n) is 13.2. The Kier molecular flexibility index (Phi) is 5.56. The van der Waals surface area contributed by atoms with Crippen LogP contribution in [0.15, 0.2) is 30.3 Å². The van der Waals surface area contributed by atoms with Crippen LogP contribution < -0.4 is 5.32 Å². The van der Waals surface area contributed by atoms with E-state index >= 15 is 0 Å². The minimum atomic E-state index is -0.820. The molecule has 0 spiro atoms. The predicted octanol–water partition coefficient (Wildman–Crippen LogP) is 0.933. The summed E-state index contributed by atoms with van der Waals surface area (Å²) in [4.78, 5) is 36.5. The summed E-state index contributed by atoms with van der Waals surface area (Å²) in [6.45, 7) is 2.40. The molecule has 23 heavy (non-hydrogen) atoms. The molecule has 0 aliphatic carbocycles. The zero-order valence-corrected chi connectivity index (χ0v) is 13.2. The fourth-order valence-corrected chi connectivity index (χ4v) is 2.37. The molecule has 1 saturated heterocycles. The Bertz CT molecular complexity index is 569. The largest absolute Gasteiger partial charge is 0.467 e. The SMILES string of the molecule is COC(=O)C(NC(=O)OCc1ccccc1)C1CN(C(C)=O)C1. The molecular weight excluding hydrogens is 300 g/mol. The molecule has 1 fully saturated rings. The Morgan fingerprint density at radius 2 is 1.91 bits per heavy atom. The topological polar surface area (TPSA) is 84.9 Å². The first-order valence-electron chi connectivity index (χ1n) is 7.32. The highest BCUT2D eigenvalue weighted by Gasteiger charge is 2.40. The monoisotopic (exact) mass is 320 g/mol. The molecule has 1 aromatic rings. The highest BCUT2D eigenvalue weighted by molar-refractivity contribution is 5.82. The lowest BCUT2D eigenvalue weighted by Gasteiger charge is -2.41. The van der Waals surface area contributed by atoms with Crippen molar-refractivity contribution in [2.24, 2.45) is 5.92 Å². The Labute approximate surface area is 134 Å². The van der Waals surface area contributed by atoms with Gasteiger partial charge >= 0.3 is 12.1 Å². The van der Waals surface area contributed by atoms with E-state index in [0.29, 0.717) is 13.1 Å². The van der Waals surface area contributed by atoms with Crippen LogP contribution in [0.25, 0.3) is 0 Å². The van der Waals surface area contributed by atoms with Crippen molar-refractivity contribution in [3.63, 3.8) is 0 Å². The van der Waals surface area contributed by atoms with E-state index in [0.717, 1.165) is 5.56 Å². The summed E-state index contributed by atoms with van der Waals surface area (Å²) in [7, 11) is 1.26. The van der Waals surface area contributed by atoms with E-state index in [4.69, 9.17) is 9.47 Å². The van der Waals surface area contributed by atoms with E-state index in [1.807, 2.05) is 30.3 Å². The van der Waals surface area contributed by atoms with Gasteiger partial charge in [0.05, 0.1) is 7.11 Å². The smallest absolute Gasteiger partial charge is 0.408 e. The molecule has 1 unspecified atom stereocenters. The lowest BCUT2D eigenvalue weighted by atomic mass is 9.91. The van der Waals surface area contributed by atoms with Gasteiger partial charge in [0.2, 0.25) is 5.91 Å². The summed E-state index contributed by atoms with van der Waals surface area (Å²) in [6.07, 6.45) is -0.689. The van der Waals surface area contributed by atoms with Crippen LogP contribution in [0.5, 0.6) is 0 Å². The van der Waals surface area contributed by atoms with Crippen LogP contribution in [0, 0.1) is 5.92 Å². The highest BCUT2D eigenvalue weighted by atomic mass is 16.6. The molecule has 1 N–H and O–H groups in total. The van der Waals surface area contributed by atoms with E-state index in [1.165, 1.54) is 14.0 Å². The van der Waals surface area contributed by atoms with Gasteiger partial charge < -0.3 is 19.7 Å². The van der Waals surface area contributed by atoms with Crippen molar-refractivity contribution in [1.29, 1.82) is 0 Å². The summed E-state index contributed by atoms with van der Waals surface area (Å²) in [5, 5.41) is 2.53. The number of hydrogen-bond donors (Lipinski definition) is 1. The number of nitrogens with zero attached hydrogens (tertiary/aromatic N) is 1. The number of likely N-dealkylation sites (tertiary alicyclic amines) is 1. The first kappa shape index (κ1) is 16.8. The van der Waals surface area contributed by atoms with Crippen LogP contribution in [0.4, 0.5) is 4.79 Å². The third-order valence-corrected chi connectivity index (χ3v) is 3.77. The van der Waals surface area contributed by atoms with Gasteiger partial charge in [-0.05, 0) is 5.56 Å². The summed E-state index contributed by atoms with van der Waals surface area (Å²) >= 11 is 0. The van der Waals surface area contributed by atoms with Crippen molar-refractivity contribution >= 4 is 18.0 Å². The van der Waals surface area contributed by atoms with E-state index in [9.17, 15) is 14.4 Å². The predicted molar refractivity (Wildman–Crippen MR) is 81.3 cm³/mol. The molecule has 1 atom stereocenters. The molecule has 0 saturated carbocycles. The van der Waals surface area contributed by atoms with E-state index < -0.39 is 18.1 Å². The maximum absolute atomic E-state index is 11.9. The number of carbonyl (C=O) groups is 3. The van der Waals surface area contributed by atoms with E-state index in [-0.39, 0.29) is 18.4 Å². The number of rotatable bonds is 5. The van der Waals surface area contributed by atoms with Crippen LogP contribution in [-0.4, -0.2) is 49.1 Å². The third kappa shape index (κ3) is 4.45. The van der Waals surface area contributed by atoms with Crippen molar-refractivity contribution in [3.05, 3.63) is 35.9 Å². The fraction of sp³-hybridized carbons (Fsp3) is 0.438. The quantitative estimate of drug-likeness (QED) is 0.816. The van der Waals surface area contributed by atoms with Crippen molar-refractivity contribution in [1.82, 2.24) is 10.2 Å². The lowest BCUT2D eigenvalue weighted by Crippen LogP contribution is -2.60. The highest BCUT2D eigenvalue weighted by Crippen LogP contribution is 2.20. The van der Waals surface area contributed by atoms with Crippen LogP contribution in [-0.2, 0) is 25.7 Å². The van der Waals surface area contributed by atoms with Crippen molar-refractivity contribution in [3.8, 4) is 0 Å². The average molecular weight is 320 g/mol. The molecule has 2 rings (SSSR count). The van der Waals surface area contributed by atoms with Crippen LogP contribution in [0.2, 0.25) is 0 Å².